The standard InChI is InChI=1S/C20H15O2P/c1-14-8-2-3-9-15(14)20(21)23(22)18-12-6-4-10-16(18)17-11-5-7-13-19(17)23/h2-13H,1H3. The minimum Gasteiger partial charge on any atom is -0.305 e. The smallest absolute Gasteiger partial charge is 0.230 e. The molecule has 0 amide bonds. The molecule has 0 radical (unpaired) electrons. The van der Waals surface area contributed by atoms with Gasteiger partial charge in [-0.2, -0.15) is 0 Å². The van der Waals surface area contributed by atoms with Gasteiger partial charge in [0.15, 0.2) is 0 Å². The molecule has 0 saturated carbocycles. The summed E-state index contributed by atoms with van der Waals surface area (Å²) in [6.45, 7) is 1.88. The molecule has 0 aliphatic carbocycles. The van der Waals surface area contributed by atoms with E-state index in [-0.39, 0.29) is 5.52 Å². The molecule has 0 aromatic heterocycles. The fourth-order valence-corrected chi connectivity index (χ4v) is 6.23. The predicted octanol–water partition coefficient (Wildman–Crippen LogP) is 4.13. The van der Waals surface area contributed by atoms with Crippen LogP contribution in [0.15, 0.2) is 72.8 Å². The zero-order valence-electron chi connectivity index (χ0n) is 12.7. The number of hydrogen-bond acceptors (Lipinski definition) is 2. The molecule has 0 saturated heterocycles. The van der Waals surface area contributed by atoms with Crippen molar-refractivity contribution in [1.82, 2.24) is 0 Å². The predicted molar refractivity (Wildman–Crippen MR) is 94.3 cm³/mol. The molecule has 1 heterocycles. The molecule has 2 nitrogen and oxygen atoms in total. The van der Waals surface area contributed by atoms with Gasteiger partial charge in [-0.15, -0.1) is 0 Å². The van der Waals surface area contributed by atoms with E-state index in [2.05, 4.69) is 0 Å². The number of hydrogen-bond donors (Lipinski definition) is 0. The van der Waals surface area contributed by atoms with Crippen LogP contribution in [0, 0.1) is 6.92 Å². The number of rotatable bonds is 2. The van der Waals surface area contributed by atoms with Crippen LogP contribution in [0.25, 0.3) is 11.1 Å². The Morgan fingerprint density at radius 1 is 0.739 bits per heavy atom. The topological polar surface area (TPSA) is 34.1 Å². The number of aryl methyl sites for hydroxylation is 1. The van der Waals surface area contributed by atoms with Crippen LogP contribution in [-0.4, -0.2) is 5.52 Å². The molecule has 0 atom stereocenters. The van der Waals surface area contributed by atoms with Crippen LogP contribution in [0.5, 0.6) is 0 Å². The molecule has 3 aromatic rings. The Labute approximate surface area is 135 Å². The molecule has 3 aromatic carbocycles. The number of benzene rings is 3. The van der Waals surface area contributed by atoms with Crippen molar-refractivity contribution in [3.8, 4) is 11.1 Å². The Hall–Kier alpha value is -2.44. The summed E-state index contributed by atoms with van der Waals surface area (Å²) in [5.41, 5.74) is 2.95. The van der Waals surface area contributed by atoms with Crippen LogP contribution >= 0.6 is 7.14 Å². The molecule has 4 rings (SSSR count). The summed E-state index contributed by atoms with van der Waals surface area (Å²) in [6.07, 6.45) is 0. The first kappa shape index (κ1) is 14.2. The highest BCUT2D eigenvalue weighted by atomic mass is 31.2. The lowest BCUT2D eigenvalue weighted by atomic mass is 10.1. The highest BCUT2D eigenvalue weighted by Crippen LogP contribution is 2.55. The lowest BCUT2D eigenvalue weighted by Gasteiger charge is -2.15. The monoisotopic (exact) mass is 318 g/mol. The second-order valence-corrected chi connectivity index (χ2v) is 8.35. The number of carbonyl (C=O) groups excluding carboxylic acids is 1. The van der Waals surface area contributed by atoms with E-state index in [0.29, 0.717) is 16.2 Å². The Bertz CT molecular complexity index is 939. The summed E-state index contributed by atoms with van der Waals surface area (Å²) in [5, 5.41) is 1.32. The van der Waals surface area contributed by atoms with Crippen LogP contribution in [-0.2, 0) is 4.57 Å². The average molecular weight is 318 g/mol. The van der Waals surface area contributed by atoms with Gasteiger partial charge in [0.25, 0.3) is 0 Å². The van der Waals surface area contributed by atoms with Crippen molar-refractivity contribution >= 4 is 23.3 Å². The Kier molecular flexibility index (Phi) is 3.11. The van der Waals surface area contributed by atoms with Crippen molar-refractivity contribution < 1.29 is 9.36 Å². The molecular formula is C20H15O2P. The molecule has 112 valence electrons. The largest absolute Gasteiger partial charge is 0.305 e. The average Bonchev–Trinajstić information content (AvgIpc) is 2.86. The van der Waals surface area contributed by atoms with Gasteiger partial charge in [-0.3, -0.25) is 4.79 Å². The van der Waals surface area contributed by atoms with Gasteiger partial charge in [-0.05, 0) is 23.6 Å². The lowest BCUT2D eigenvalue weighted by Crippen LogP contribution is -2.18. The second-order valence-electron chi connectivity index (χ2n) is 5.76. The highest BCUT2D eigenvalue weighted by molar-refractivity contribution is 7.94. The van der Waals surface area contributed by atoms with E-state index in [9.17, 15) is 9.36 Å². The van der Waals surface area contributed by atoms with Gasteiger partial charge < -0.3 is 4.57 Å². The van der Waals surface area contributed by atoms with E-state index < -0.39 is 7.14 Å². The molecule has 0 N–H and O–H groups in total. The molecular weight excluding hydrogens is 303 g/mol. The first-order chi connectivity index (χ1) is 11.1. The minimum atomic E-state index is -3.33. The third-order valence-electron chi connectivity index (χ3n) is 4.44. The first-order valence-corrected chi connectivity index (χ1v) is 9.25. The van der Waals surface area contributed by atoms with E-state index in [4.69, 9.17) is 0 Å². The van der Waals surface area contributed by atoms with E-state index in [1.54, 1.807) is 6.07 Å². The maximum absolute atomic E-state index is 14.0. The Balaban J connectivity index is 2.03. The highest BCUT2D eigenvalue weighted by Gasteiger charge is 2.44. The summed E-state index contributed by atoms with van der Waals surface area (Å²) in [6, 6.07) is 22.4. The maximum Gasteiger partial charge on any atom is 0.230 e. The van der Waals surface area contributed by atoms with Crippen molar-refractivity contribution in [2.75, 3.05) is 0 Å². The van der Waals surface area contributed by atoms with Crippen LogP contribution in [0.4, 0.5) is 0 Å². The third-order valence-corrected chi connectivity index (χ3v) is 7.39. The zero-order chi connectivity index (χ0) is 16.0. The van der Waals surface area contributed by atoms with Crippen molar-refractivity contribution in [1.29, 1.82) is 0 Å². The fraction of sp³-hybridized carbons (Fsp3) is 0.0500. The third kappa shape index (κ3) is 1.89. The summed E-state index contributed by atoms with van der Waals surface area (Å²) in [4.78, 5) is 13.3. The molecule has 1 aliphatic rings. The normalized spacial score (nSPS) is 14.1. The van der Waals surface area contributed by atoms with E-state index in [1.807, 2.05) is 73.7 Å². The molecule has 0 spiro atoms. The quantitative estimate of drug-likeness (QED) is 0.666. The maximum atomic E-state index is 14.0. The summed E-state index contributed by atoms with van der Waals surface area (Å²) >= 11 is 0. The number of carbonyl (C=O) groups is 1. The molecule has 0 unspecified atom stereocenters. The Morgan fingerprint density at radius 3 is 1.78 bits per heavy atom. The molecule has 1 aliphatic heterocycles. The van der Waals surface area contributed by atoms with Crippen LogP contribution < -0.4 is 10.6 Å². The van der Waals surface area contributed by atoms with Crippen molar-refractivity contribution in [2.45, 2.75) is 6.92 Å². The van der Waals surface area contributed by atoms with Crippen molar-refractivity contribution in [3.63, 3.8) is 0 Å². The van der Waals surface area contributed by atoms with Gasteiger partial charge in [-0.1, -0.05) is 72.8 Å². The van der Waals surface area contributed by atoms with Gasteiger partial charge >= 0.3 is 0 Å². The molecule has 0 bridgehead atoms. The van der Waals surface area contributed by atoms with Gasteiger partial charge in [0.1, 0.15) is 0 Å². The molecule has 3 heteroatoms. The van der Waals surface area contributed by atoms with Gasteiger partial charge in [0, 0.05) is 16.2 Å². The summed E-state index contributed by atoms with van der Waals surface area (Å²) < 4.78 is 14.0. The van der Waals surface area contributed by atoms with E-state index in [0.717, 1.165) is 16.7 Å². The van der Waals surface area contributed by atoms with Gasteiger partial charge in [-0.25, -0.2) is 0 Å². The molecule has 23 heavy (non-hydrogen) atoms. The van der Waals surface area contributed by atoms with Crippen LogP contribution in [0.2, 0.25) is 0 Å². The van der Waals surface area contributed by atoms with Crippen molar-refractivity contribution in [2.24, 2.45) is 0 Å². The fourth-order valence-electron chi connectivity index (χ4n) is 3.28. The van der Waals surface area contributed by atoms with Gasteiger partial charge in [0.05, 0.1) is 0 Å². The van der Waals surface area contributed by atoms with E-state index in [1.165, 1.54) is 0 Å². The van der Waals surface area contributed by atoms with Crippen molar-refractivity contribution in [3.05, 3.63) is 83.9 Å². The summed E-state index contributed by atoms with van der Waals surface area (Å²) in [7, 11) is -3.33. The summed E-state index contributed by atoms with van der Waals surface area (Å²) in [5.74, 6) is 0. The number of fused-ring (bicyclic) bond motifs is 3. The first-order valence-electron chi connectivity index (χ1n) is 7.54. The lowest BCUT2D eigenvalue weighted by molar-refractivity contribution is 0.107. The SMILES string of the molecule is Cc1ccccc1C(=O)P1(=O)c2ccccc2-c2ccccc21. The zero-order valence-corrected chi connectivity index (χ0v) is 13.6. The minimum absolute atomic E-state index is 0.270. The van der Waals surface area contributed by atoms with E-state index >= 15 is 0 Å². The molecule has 0 fully saturated rings. The van der Waals surface area contributed by atoms with Gasteiger partial charge in [0.2, 0.25) is 12.7 Å². The second kappa shape index (κ2) is 5.04. The van der Waals surface area contributed by atoms with Crippen LogP contribution in [0.1, 0.15) is 15.9 Å². The van der Waals surface area contributed by atoms with Crippen LogP contribution in [0.3, 0.4) is 0 Å². The Morgan fingerprint density at radius 2 is 1.22 bits per heavy atom.